The Bertz CT molecular complexity index is 1300. The van der Waals surface area contributed by atoms with Gasteiger partial charge in [-0.25, -0.2) is 9.34 Å². The summed E-state index contributed by atoms with van der Waals surface area (Å²) in [6.45, 7) is 3.10. The molecule has 1 atom stereocenters. The van der Waals surface area contributed by atoms with Crippen LogP contribution in [0.15, 0.2) is 48.8 Å². The summed E-state index contributed by atoms with van der Waals surface area (Å²) in [7, 11) is -1.15. The highest BCUT2D eigenvalue weighted by atomic mass is 31.2. The summed E-state index contributed by atoms with van der Waals surface area (Å²) in [5.74, 6) is 0.739. The van der Waals surface area contributed by atoms with Crippen LogP contribution >= 0.6 is 7.67 Å². The summed E-state index contributed by atoms with van der Waals surface area (Å²) in [5.41, 5.74) is 3.43. The molecule has 3 heterocycles. The smallest absolute Gasteiger partial charge is 0.346 e. The minimum absolute atomic E-state index is 0.0872. The normalized spacial score (nSPS) is 19.7. The Kier molecular flexibility index (Phi) is 5.07. The van der Waals surface area contributed by atoms with E-state index in [-0.39, 0.29) is 17.5 Å². The summed E-state index contributed by atoms with van der Waals surface area (Å²) >= 11 is 0. The number of ether oxygens (including phenoxy) is 1. The van der Waals surface area contributed by atoms with E-state index in [1.54, 1.807) is 29.1 Å². The highest BCUT2D eigenvalue weighted by molar-refractivity contribution is 7.54. The third-order valence-corrected chi connectivity index (χ3v) is 9.17. The summed E-state index contributed by atoms with van der Waals surface area (Å²) < 4.78 is 31.3. The predicted molar refractivity (Wildman–Crippen MR) is 125 cm³/mol. The first-order valence-corrected chi connectivity index (χ1v) is 12.8. The van der Waals surface area contributed by atoms with E-state index in [1.807, 2.05) is 34.7 Å². The molecule has 2 aromatic carbocycles. The first kappa shape index (κ1) is 21.5. The third kappa shape index (κ3) is 3.82. The van der Waals surface area contributed by atoms with Crippen molar-refractivity contribution in [3.63, 3.8) is 0 Å². The van der Waals surface area contributed by atoms with Gasteiger partial charge in [-0.2, -0.15) is 5.10 Å². The number of benzene rings is 2. The largest absolute Gasteiger partial charge is 0.450 e. The molecule has 0 saturated carbocycles. The molecule has 11 heteroatoms. The minimum atomic E-state index is -3.01. The summed E-state index contributed by atoms with van der Waals surface area (Å²) in [6, 6.07) is 10.6. The summed E-state index contributed by atoms with van der Waals surface area (Å²) in [6.07, 6.45) is 4.49. The molecule has 3 aromatic rings. The molecule has 0 bridgehead atoms. The van der Waals surface area contributed by atoms with Crippen LogP contribution < -0.4 is 4.74 Å². The molecule has 2 aliphatic heterocycles. The zero-order valence-corrected chi connectivity index (χ0v) is 19.6. The molecule has 34 heavy (non-hydrogen) atoms. The zero-order chi connectivity index (χ0) is 23.4. The van der Waals surface area contributed by atoms with Crippen LogP contribution in [0.1, 0.15) is 23.7 Å². The topological polar surface area (TPSA) is 103 Å². The molecule has 6 rings (SSSR count). The Labute approximate surface area is 196 Å². The highest BCUT2D eigenvalue weighted by Crippen LogP contribution is 2.64. The molecule has 3 aliphatic rings. The van der Waals surface area contributed by atoms with Crippen LogP contribution in [0.4, 0.5) is 5.69 Å². The molecule has 0 spiro atoms. The van der Waals surface area contributed by atoms with Gasteiger partial charge in [0.05, 0.1) is 17.2 Å². The molecule has 1 aliphatic carbocycles. The van der Waals surface area contributed by atoms with Gasteiger partial charge in [-0.15, -0.1) is 0 Å². The van der Waals surface area contributed by atoms with Gasteiger partial charge in [-0.1, -0.05) is 12.1 Å². The van der Waals surface area contributed by atoms with E-state index >= 15 is 0 Å². The second-order valence-corrected chi connectivity index (χ2v) is 11.1. The van der Waals surface area contributed by atoms with E-state index in [9.17, 15) is 14.7 Å². The second kappa shape index (κ2) is 8.02. The molecule has 10 nitrogen and oxygen atoms in total. The number of nitrogens with zero attached hydrogens (tertiary/aromatic N) is 5. The van der Waals surface area contributed by atoms with Crippen LogP contribution in [0, 0.1) is 10.1 Å². The predicted octanol–water partition coefficient (Wildman–Crippen LogP) is 4.53. The van der Waals surface area contributed by atoms with Crippen molar-refractivity contribution in [1.29, 1.82) is 0 Å². The van der Waals surface area contributed by atoms with E-state index in [2.05, 4.69) is 5.10 Å². The van der Waals surface area contributed by atoms with Gasteiger partial charge in [0.25, 0.3) is 0 Å². The van der Waals surface area contributed by atoms with Gasteiger partial charge in [0.1, 0.15) is 5.75 Å². The fourth-order valence-electron chi connectivity index (χ4n) is 4.46. The van der Waals surface area contributed by atoms with E-state index in [0.717, 1.165) is 48.4 Å². The summed E-state index contributed by atoms with van der Waals surface area (Å²) in [5, 5.41) is 16.0. The first-order valence-electron chi connectivity index (χ1n) is 11.3. The average Bonchev–Trinajstić information content (AvgIpc) is 3.75. The molecule has 0 amide bonds. The number of fused-ring (bicyclic) bond motifs is 1. The number of hydrogen-bond donors (Lipinski definition) is 0. The fraction of sp³-hybridized carbons (Fsp3) is 0.348. The van der Waals surface area contributed by atoms with Crippen molar-refractivity contribution in [1.82, 2.24) is 19.1 Å². The molecular weight excluding hydrogens is 457 g/mol. The van der Waals surface area contributed by atoms with Gasteiger partial charge < -0.3 is 4.74 Å². The SMILES string of the molecule is Cn1cc(-c2ccc(Oc3c([N+](=O)[O-])ccc4c3CC[C@@H]4OP(=O)(N3CC3)N3CC3)cc2)cn1. The van der Waals surface area contributed by atoms with Crippen LogP contribution in [-0.4, -0.2) is 50.2 Å². The molecule has 2 saturated heterocycles. The quantitative estimate of drug-likeness (QED) is 0.200. The van der Waals surface area contributed by atoms with Crippen LogP contribution in [0.2, 0.25) is 0 Å². The molecule has 0 radical (unpaired) electrons. The maximum absolute atomic E-state index is 13.5. The first-order chi connectivity index (χ1) is 16.4. The monoisotopic (exact) mass is 481 g/mol. The lowest BCUT2D eigenvalue weighted by Gasteiger charge is -2.24. The van der Waals surface area contributed by atoms with Crippen LogP contribution in [0.25, 0.3) is 11.1 Å². The maximum Gasteiger partial charge on any atom is 0.346 e. The van der Waals surface area contributed by atoms with Gasteiger partial charge in [0.15, 0.2) is 0 Å². The molecule has 0 unspecified atom stereocenters. The maximum atomic E-state index is 13.5. The Morgan fingerprint density at radius 3 is 2.35 bits per heavy atom. The minimum Gasteiger partial charge on any atom is -0.450 e. The molecule has 176 valence electrons. The van der Waals surface area contributed by atoms with Crippen LogP contribution in [-0.2, 0) is 22.6 Å². The van der Waals surface area contributed by atoms with Gasteiger partial charge in [0.2, 0.25) is 5.75 Å². The number of aryl methyl sites for hydroxylation is 1. The molecule has 0 N–H and O–H groups in total. The number of nitro groups is 1. The lowest BCUT2D eigenvalue weighted by Crippen LogP contribution is -2.11. The molecule has 2 fully saturated rings. The van der Waals surface area contributed by atoms with Crippen molar-refractivity contribution >= 4 is 13.4 Å². The fourth-order valence-corrected chi connectivity index (χ4v) is 6.83. The van der Waals surface area contributed by atoms with Gasteiger partial charge in [0, 0.05) is 56.6 Å². The lowest BCUT2D eigenvalue weighted by molar-refractivity contribution is -0.385. The van der Waals surface area contributed by atoms with Crippen LogP contribution in [0.3, 0.4) is 0 Å². The standard InChI is InChI=1S/C23H24N5O5P/c1-25-15-17(14-24-25)16-2-4-18(5-3-16)32-23-20-7-9-22(19(20)6-8-21(23)28(29)30)33-34(31,26-10-11-26)27-12-13-27/h2-6,8,14-15,22H,7,9-13H2,1H3/t22-/m0/s1. The third-order valence-electron chi connectivity index (χ3n) is 6.42. The molecule has 1 aromatic heterocycles. The van der Waals surface area contributed by atoms with Gasteiger partial charge in [-0.3, -0.25) is 23.9 Å². The highest BCUT2D eigenvalue weighted by Gasteiger charge is 2.51. The van der Waals surface area contributed by atoms with E-state index < -0.39 is 12.6 Å². The Morgan fingerprint density at radius 2 is 1.76 bits per heavy atom. The van der Waals surface area contributed by atoms with Gasteiger partial charge >= 0.3 is 13.4 Å². The number of nitro benzene ring substituents is 1. The van der Waals surface area contributed by atoms with E-state index in [1.165, 1.54) is 6.07 Å². The second-order valence-electron chi connectivity index (χ2n) is 8.80. The zero-order valence-electron chi connectivity index (χ0n) is 18.7. The number of rotatable bonds is 8. The lowest BCUT2D eigenvalue weighted by atomic mass is 10.1. The van der Waals surface area contributed by atoms with Crippen molar-refractivity contribution in [2.24, 2.45) is 7.05 Å². The van der Waals surface area contributed by atoms with E-state index in [4.69, 9.17) is 9.26 Å². The average molecular weight is 481 g/mol. The summed E-state index contributed by atoms with van der Waals surface area (Å²) in [4.78, 5) is 11.4. The van der Waals surface area contributed by atoms with Crippen LogP contribution in [0.5, 0.6) is 11.5 Å². The van der Waals surface area contributed by atoms with Crippen molar-refractivity contribution in [2.45, 2.75) is 18.9 Å². The Hall–Kier alpha value is -3.04. The van der Waals surface area contributed by atoms with E-state index in [0.29, 0.717) is 18.6 Å². The number of aromatic nitrogens is 2. The molecular formula is C23H24N5O5P. The van der Waals surface area contributed by atoms with Crippen molar-refractivity contribution in [3.05, 3.63) is 70.0 Å². The number of hydrogen-bond acceptors (Lipinski definition) is 6. The Morgan fingerprint density at radius 1 is 1.06 bits per heavy atom. The van der Waals surface area contributed by atoms with Crippen molar-refractivity contribution in [3.8, 4) is 22.6 Å². The Balaban J connectivity index is 1.29. The van der Waals surface area contributed by atoms with Crippen molar-refractivity contribution in [2.75, 3.05) is 26.2 Å². The van der Waals surface area contributed by atoms with Crippen molar-refractivity contribution < 1.29 is 18.7 Å². The van der Waals surface area contributed by atoms with Gasteiger partial charge in [-0.05, 0) is 42.2 Å².